The van der Waals surface area contributed by atoms with Gasteiger partial charge < -0.3 is 10.8 Å². The van der Waals surface area contributed by atoms with E-state index in [2.05, 4.69) is 10.2 Å². The minimum absolute atomic E-state index is 0.0292. The molecule has 0 aromatic carbocycles. The molecule has 3 rings (SSSR count). The largest absolute Gasteiger partial charge is 0.394 e. The van der Waals surface area contributed by atoms with Crippen molar-refractivity contribution >= 4 is 17.4 Å². The molecular weight excluding hydrogens is 248 g/mol. The molecule has 1 fully saturated rings. The molecule has 1 atom stereocenters. The summed E-state index contributed by atoms with van der Waals surface area (Å²) < 4.78 is 1.94. The first kappa shape index (κ1) is 12.0. The molecule has 0 bridgehead atoms. The summed E-state index contributed by atoms with van der Waals surface area (Å²) >= 11 is 1.56. The maximum absolute atomic E-state index is 9.46. The third-order valence-corrected chi connectivity index (χ3v) is 4.66. The Hall–Kier alpha value is -1.11. The van der Waals surface area contributed by atoms with E-state index in [0.29, 0.717) is 11.7 Å². The number of nitrogens with zero attached hydrogens (tertiary/aromatic N) is 3. The van der Waals surface area contributed by atoms with Crippen molar-refractivity contribution in [1.29, 1.82) is 0 Å². The Morgan fingerprint density at radius 3 is 3.00 bits per heavy atom. The van der Waals surface area contributed by atoms with Gasteiger partial charge in [0, 0.05) is 11.9 Å². The van der Waals surface area contributed by atoms with Gasteiger partial charge in [0.2, 0.25) is 0 Å². The lowest BCUT2D eigenvalue weighted by atomic mass is 9.99. The van der Waals surface area contributed by atoms with Crippen molar-refractivity contribution in [3.05, 3.63) is 24.4 Å². The van der Waals surface area contributed by atoms with Crippen LogP contribution < -0.4 is 5.73 Å². The Kier molecular flexibility index (Phi) is 3.01. The van der Waals surface area contributed by atoms with Gasteiger partial charge in [-0.1, -0.05) is 17.8 Å². The van der Waals surface area contributed by atoms with Crippen LogP contribution in [0.1, 0.15) is 12.8 Å². The van der Waals surface area contributed by atoms with Crippen LogP contribution in [0.4, 0.5) is 0 Å². The predicted octanol–water partition coefficient (Wildman–Crippen LogP) is 0.921. The number of fused-ring (bicyclic) bond motifs is 1. The quantitative estimate of drug-likeness (QED) is 0.785. The summed E-state index contributed by atoms with van der Waals surface area (Å²) in [7, 11) is 0. The summed E-state index contributed by atoms with van der Waals surface area (Å²) in [5.41, 5.74) is 6.59. The highest BCUT2D eigenvalue weighted by Gasteiger charge is 2.41. The van der Waals surface area contributed by atoms with Crippen LogP contribution in [0.5, 0.6) is 0 Å². The number of pyridine rings is 1. The fourth-order valence-corrected chi connectivity index (χ4v) is 3.18. The maximum atomic E-state index is 9.46. The second-order valence-electron chi connectivity index (χ2n) is 4.87. The molecule has 1 saturated carbocycles. The molecule has 0 radical (unpaired) electrons. The molecule has 1 unspecified atom stereocenters. The van der Waals surface area contributed by atoms with Crippen molar-refractivity contribution < 1.29 is 5.11 Å². The molecule has 96 valence electrons. The Morgan fingerprint density at radius 1 is 1.44 bits per heavy atom. The van der Waals surface area contributed by atoms with Crippen LogP contribution in [-0.2, 0) is 0 Å². The number of nitrogens with two attached hydrogens (primary N) is 1. The molecule has 0 spiro atoms. The van der Waals surface area contributed by atoms with E-state index >= 15 is 0 Å². The van der Waals surface area contributed by atoms with Gasteiger partial charge in [-0.3, -0.25) is 4.40 Å². The fourth-order valence-electron chi connectivity index (χ4n) is 2.07. The summed E-state index contributed by atoms with van der Waals surface area (Å²) in [4.78, 5) is 0. The molecule has 1 aliphatic carbocycles. The van der Waals surface area contributed by atoms with Crippen LogP contribution in [0.25, 0.3) is 5.65 Å². The lowest BCUT2D eigenvalue weighted by Crippen LogP contribution is -2.48. The monoisotopic (exact) mass is 264 g/mol. The zero-order valence-corrected chi connectivity index (χ0v) is 10.8. The number of hydrogen-bond acceptors (Lipinski definition) is 5. The van der Waals surface area contributed by atoms with Crippen LogP contribution in [0.3, 0.4) is 0 Å². The van der Waals surface area contributed by atoms with Crippen molar-refractivity contribution in [2.24, 2.45) is 11.7 Å². The van der Waals surface area contributed by atoms with Crippen molar-refractivity contribution in [2.75, 3.05) is 12.4 Å². The number of thioether (sulfide) groups is 1. The van der Waals surface area contributed by atoms with Crippen molar-refractivity contribution in [1.82, 2.24) is 14.6 Å². The van der Waals surface area contributed by atoms with Crippen molar-refractivity contribution in [3.8, 4) is 0 Å². The lowest BCUT2D eigenvalue weighted by Gasteiger charge is -2.26. The number of aliphatic hydroxyl groups is 1. The van der Waals surface area contributed by atoms with E-state index in [-0.39, 0.29) is 6.61 Å². The van der Waals surface area contributed by atoms with Gasteiger partial charge in [0.25, 0.3) is 0 Å². The molecule has 2 aromatic rings. The third kappa shape index (κ3) is 2.11. The van der Waals surface area contributed by atoms with E-state index in [1.807, 2.05) is 28.8 Å². The van der Waals surface area contributed by atoms with Gasteiger partial charge >= 0.3 is 0 Å². The SMILES string of the molecule is NC(CO)(CSc1nnc2ccccn12)C1CC1. The number of hydrogen-bond donors (Lipinski definition) is 2. The maximum Gasteiger partial charge on any atom is 0.195 e. The van der Waals surface area contributed by atoms with Crippen molar-refractivity contribution in [3.63, 3.8) is 0 Å². The topological polar surface area (TPSA) is 76.4 Å². The Balaban J connectivity index is 1.76. The van der Waals surface area contributed by atoms with Gasteiger partial charge in [0.1, 0.15) is 0 Å². The Bertz CT molecular complexity index is 554. The number of aromatic nitrogens is 3. The minimum atomic E-state index is -0.481. The van der Waals surface area contributed by atoms with Crippen LogP contribution >= 0.6 is 11.8 Å². The summed E-state index contributed by atoms with van der Waals surface area (Å²) in [5.74, 6) is 1.12. The molecule has 0 aliphatic heterocycles. The first-order valence-corrected chi connectivity index (χ1v) is 7.04. The van der Waals surface area contributed by atoms with Gasteiger partial charge in [-0.15, -0.1) is 10.2 Å². The molecule has 1 aliphatic rings. The standard InChI is InChI=1S/C12H16N4OS/c13-12(7-17,9-4-5-9)8-18-11-15-14-10-3-1-2-6-16(10)11/h1-3,6,9,17H,4-5,7-8,13H2. The van der Waals surface area contributed by atoms with Crippen LogP contribution in [0, 0.1) is 5.92 Å². The minimum Gasteiger partial charge on any atom is -0.394 e. The Labute approximate surface area is 109 Å². The molecule has 2 aromatic heterocycles. The summed E-state index contributed by atoms with van der Waals surface area (Å²) in [6.07, 6.45) is 4.18. The van der Waals surface area contributed by atoms with E-state index in [4.69, 9.17) is 5.73 Å². The van der Waals surface area contributed by atoms with E-state index in [0.717, 1.165) is 23.6 Å². The smallest absolute Gasteiger partial charge is 0.195 e. The molecule has 6 heteroatoms. The normalized spacial score (nSPS) is 19.0. The highest BCUT2D eigenvalue weighted by atomic mass is 32.2. The van der Waals surface area contributed by atoms with E-state index in [1.165, 1.54) is 0 Å². The Morgan fingerprint density at radius 2 is 2.28 bits per heavy atom. The average molecular weight is 264 g/mol. The zero-order chi connectivity index (χ0) is 12.6. The van der Waals surface area contributed by atoms with Gasteiger partial charge in [-0.05, 0) is 30.9 Å². The molecule has 0 saturated heterocycles. The van der Waals surface area contributed by atoms with Crippen LogP contribution in [-0.4, -0.2) is 37.6 Å². The average Bonchev–Trinajstić information content (AvgIpc) is 3.18. The van der Waals surface area contributed by atoms with E-state index in [9.17, 15) is 5.11 Å². The molecule has 3 N–H and O–H groups in total. The first-order chi connectivity index (χ1) is 8.73. The lowest BCUT2D eigenvalue weighted by molar-refractivity contribution is 0.194. The van der Waals surface area contributed by atoms with Crippen LogP contribution in [0.15, 0.2) is 29.6 Å². The van der Waals surface area contributed by atoms with Gasteiger partial charge in [-0.25, -0.2) is 0 Å². The zero-order valence-electron chi connectivity index (χ0n) is 9.99. The predicted molar refractivity (Wildman–Crippen MR) is 70.4 cm³/mol. The van der Waals surface area contributed by atoms with Gasteiger partial charge in [-0.2, -0.15) is 0 Å². The summed E-state index contributed by atoms with van der Waals surface area (Å²) in [5, 5.41) is 18.5. The highest BCUT2D eigenvalue weighted by molar-refractivity contribution is 7.99. The van der Waals surface area contributed by atoms with Crippen LogP contribution in [0.2, 0.25) is 0 Å². The molecule has 0 amide bonds. The van der Waals surface area contributed by atoms with Crippen molar-refractivity contribution in [2.45, 2.75) is 23.5 Å². The summed E-state index contributed by atoms with van der Waals surface area (Å²) in [6.45, 7) is 0.0292. The van der Waals surface area contributed by atoms with E-state index in [1.54, 1.807) is 11.8 Å². The molecule has 18 heavy (non-hydrogen) atoms. The van der Waals surface area contributed by atoms with Gasteiger partial charge in [0.05, 0.1) is 12.1 Å². The number of rotatable bonds is 5. The molecule has 5 nitrogen and oxygen atoms in total. The molecular formula is C12H16N4OS. The highest BCUT2D eigenvalue weighted by Crippen LogP contribution is 2.40. The first-order valence-electron chi connectivity index (χ1n) is 6.05. The summed E-state index contributed by atoms with van der Waals surface area (Å²) in [6, 6.07) is 5.80. The van der Waals surface area contributed by atoms with Gasteiger partial charge in [0.15, 0.2) is 10.8 Å². The number of aliphatic hydroxyl groups excluding tert-OH is 1. The fraction of sp³-hybridized carbons (Fsp3) is 0.500. The second kappa shape index (κ2) is 4.53. The second-order valence-corrected chi connectivity index (χ2v) is 5.81. The third-order valence-electron chi connectivity index (χ3n) is 3.44. The molecule has 2 heterocycles. The van der Waals surface area contributed by atoms with E-state index < -0.39 is 5.54 Å².